The van der Waals surface area contributed by atoms with Gasteiger partial charge in [-0.05, 0) is 12.1 Å². The van der Waals surface area contributed by atoms with Gasteiger partial charge in [0.25, 0.3) is 0 Å². The van der Waals surface area contributed by atoms with E-state index in [1.54, 1.807) is 44.8 Å². The summed E-state index contributed by atoms with van der Waals surface area (Å²) in [5.74, 6) is 1.84. The Morgan fingerprint density at radius 1 is 1.26 bits per heavy atom. The van der Waals surface area contributed by atoms with Crippen LogP contribution in [0, 0.1) is 11.3 Å². The van der Waals surface area contributed by atoms with Gasteiger partial charge < -0.3 is 15.4 Å². The zero-order valence-electron chi connectivity index (χ0n) is 10.6. The van der Waals surface area contributed by atoms with Gasteiger partial charge in [-0.3, -0.25) is 4.98 Å². The molecule has 96 valence electrons. The lowest BCUT2D eigenvalue weighted by Crippen LogP contribution is -2.00. The fraction of sp³-hybridized carbons (Fsp3) is 0.154. The van der Waals surface area contributed by atoms with Crippen LogP contribution in [0.1, 0.15) is 5.56 Å². The molecule has 1 aromatic heterocycles. The zero-order chi connectivity index (χ0) is 13.7. The zero-order valence-corrected chi connectivity index (χ0v) is 10.6. The summed E-state index contributed by atoms with van der Waals surface area (Å²) in [5.41, 5.74) is 1.27. The number of nitriles is 1. The van der Waals surface area contributed by atoms with Gasteiger partial charge in [-0.2, -0.15) is 5.26 Å². The summed E-state index contributed by atoms with van der Waals surface area (Å²) in [4.78, 5) is 8.36. The van der Waals surface area contributed by atoms with Crippen molar-refractivity contribution in [2.75, 3.05) is 24.8 Å². The number of hydrogen-bond acceptors (Lipinski definition) is 6. The standard InChI is InChI=1S/C13H13N5O/c1-15-12-7-16-8-13(18-12)17-10-4-3-9(6-14)5-11(10)19-2/h3-5,7-8H,1-2H3,(H2,15,17,18). The largest absolute Gasteiger partial charge is 0.495 e. The molecule has 6 heteroatoms. The second kappa shape index (κ2) is 5.69. The van der Waals surface area contributed by atoms with E-state index in [0.29, 0.717) is 22.9 Å². The van der Waals surface area contributed by atoms with E-state index < -0.39 is 0 Å². The number of ether oxygens (including phenoxy) is 1. The first kappa shape index (κ1) is 12.6. The maximum absolute atomic E-state index is 8.85. The Labute approximate surface area is 111 Å². The van der Waals surface area contributed by atoms with Crippen molar-refractivity contribution < 1.29 is 4.74 Å². The van der Waals surface area contributed by atoms with Crippen molar-refractivity contribution in [3.05, 3.63) is 36.2 Å². The summed E-state index contributed by atoms with van der Waals surface area (Å²) < 4.78 is 5.24. The van der Waals surface area contributed by atoms with Crippen LogP contribution in [0.2, 0.25) is 0 Å². The highest BCUT2D eigenvalue weighted by molar-refractivity contribution is 5.66. The van der Waals surface area contributed by atoms with Crippen molar-refractivity contribution in [2.45, 2.75) is 0 Å². The predicted octanol–water partition coefficient (Wildman–Crippen LogP) is 2.14. The van der Waals surface area contributed by atoms with E-state index in [9.17, 15) is 0 Å². The third-order valence-corrected chi connectivity index (χ3v) is 2.48. The Morgan fingerprint density at radius 2 is 2.05 bits per heavy atom. The first-order valence-electron chi connectivity index (χ1n) is 5.61. The summed E-state index contributed by atoms with van der Waals surface area (Å²) >= 11 is 0. The molecule has 0 aliphatic rings. The van der Waals surface area contributed by atoms with Crippen LogP contribution in [0.4, 0.5) is 17.3 Å². The molecule has 0 fully saturated rings. The highest BCUT2D eigenvalue weighted by Gasteiger charge is 2.06. The molecular formula is C13H13N5O. The van der Waals surface area contributed by atoms with Gasteiger partial charge in [0, 0.05) is 13.1 Å². The van der Waals surface area contributed by atoms with Crippen molar-refractivity contribution in [1.29, 1.82) is 5.26 Å². The van der Waals surface area contributed by atoms with Gasteiger partial charge in [0.05, 0.1) is 36.8 Å². The molecule has 6 nitrogen and oxygen atoms in total. The van der Waals surface area contributed by atoms with Gasteiger partial charge in [-0.15, -0.1) is 0 Å². The average Bonchev–Trinajstić information content (AvgIpc) is 2.48. The summed E-state index contributed by atoms with van der Waals surface area (Å²) in [5, 5.41) is 14.9. The number of nitrogens with one attached hydrogen (secondary N) is 2. The lowest BCUT2D eigenvalue weighted by Gasteiger charge is -2.11. The van der Waals surface area contributed by atoms with Crippen LogP contribution >= 0.6 is 0 Å². The van der Waals surface area contributed by atoms with Crippen LogP contribution in [-0.2, 0) is 0 Å². The molecule has 0 spiro atoms. The van der Waals surface area contributed by atoms with E-state index in [1.165, 1.54) is 0 Å². The van der Waals surface area contributed by atoms with Crippen LogP contribution < -0.4 is 15.4 Å². The van der Waals surface area contributed by atoms with Crippen LogP contribution in [0.25, 0.3) is 0 Å². The van der Waals surface area contributed by atoms with E-state index in [4.69, 9.17) is 10.00 Å². The number of nitrogens with zero attached hydrogens (tertiary/aromatic N) is 3. The quantitative estimate of drug-likeness (QED) is 0.871. The van der Waals surface area contributed by atoms with Crippen LogP contribution in [0.5, 0.6) is 5.75 Å². The van der Waals surface area contributed by atoms with Crippen LogP contribution in [0.3, 0.4) is 0 Å². The Hall–Kier alpha value is -2.81. The van der Waals surface area contributed by atoms with Gasteiger partial charge in [0.15, 0.2) is 5.82 Å². The second-order valence-corrected chi connectivity index (χ2v) is 3.69. The van der Waals surface area contributed by atoms with Crippen molar-refractivity contribution in [2.24, 2.45) is 0 Å². The summed E-state index contributed by atoms with van der Waals surface area (Å²) in [6.45, 7) is 0. The topological polar surface area (TPSA) is 82.9 Å². The molecule has 0 aliphatic carbocycles. The average molecular weight is 255 g/mol. The summed E-state index contributed by atoms with van der Waals surface area (Å²) in [6.07, 6.45) is 3.24. The molecule has 19 heavy (non-hydrogen) atoms. The molecule has 0 bridgehead atoms. The molecule has 1 heterocycles. The minimum Gasteiger partial charge on any atom is -0.495 e. The molecule has 0 radical (unpaired) electrons. The SMILES string of the molecule is CNc1cncc(Nc2ccc(C#N)cc2OC)n1. The third-order valence-electron chi connectivity index (χ3n) is 2.48. The predicted molar refractivity (Wildman–Crippen MR) is 72.6 cm³/mol. The number of benzene rings is 1. The first-order chi connectivity index (χ1) is 9.26. The molecule has 0 unspecified atom stereocenters. The van der Waals surface area contributed by atoms with Gasteiger partial charge in [-0.1, -0.05) is 0 Å². The molecule has 0 aliphatic heterocycles. The molecule has 0 amide bonds. The first-order valence-corrected chi connectivity index (χ1v) is 5.61. The Balaban J connectivity index is 2.30. The highest BCUT2D eigenvalue weighted by atomic mass is 16.5. The molecule has 2 N–H and O–H groups in total. The third kappa shape index (κ3) is 2.90. The van der Waals surface area contributed by atoms with E-state index in [0.717, 1.165) is 5.69 Å². The number of rotatable bonds is 4. The Kier molecular flexibility index (Phi) is 3.78. The van der Waals surface area contributed by atoms with Crippen molar-refractivity contribution in [3.63, 3.8) is 0 Å². The monoisotopic (exact) mass is 255 g/mol. The van der Waals surface area contributed by atoms with Crippen LogP contribution in [0.15, 0.2) is 30.6 Å². The molecule has 2 rings (SSSR count). The Bertz CT molecular complexity index is 621. The van der Waals surface area contributed by atoms with Crippen molar-refractivity contribution in [1.82, 2.24) is 9.97 Å². The van der Waals surface area contributed by atoms with Crippen LogP contribution in [-0.4, -0.2) is 24.1 Å². The van der Waals surface area contributed by atoms with E-state index in [2.05, 4.69) is 26.7 Å². The second-order valence-electron chi connectivity index (χ2n) is 3.69. The van der Waals surface area contributed by atoms with Crippen molar-refractivity contribution in [3.8, 4) is 11.8 Å². The minimum absolute atomic E-state index is 0.539. The summed E-state index contributed by atoms with van der Waals surface area (Å²) in [6, 6.07) is 7.21. The number of hydrogen-bond donors (Lipinski definition) is 2. The van der Waals surface area contributed by atoms with E-state index in [-0.39, 0.29) is 0 Å². The molecule has 2 aromatic rings. The molecular weight excluding hydrogens is 242 g/mol. The molecule has 1 aromatic carbocycles. The van der Waals surface area contributed by atoms with Gasteiger partial charge >= 0.3 is 0 Å². The van der Waals surface area contributed by atoms with E-state index in [1.807, 2.05) is 0 Å². The lowest BCUT2D eigenvalue weighted by molar-refractivity contribution is 0.416. The fourth-order valence-electron chi connectivity index (χ4n) is 1.55. The lowest BCUT2D eigenvalue weighted by atomic mass is 10.2. The fourth-order valence-corrected chi connectivity index (χ4v) is 1.55. The number of methoxy groups -OCH3 is 1. The van der Waals surface area contributed by atoms with Gasteiger partial charge in [-0.25, -0.2) is 4.98 Å². The van der Waals surface area contributed by atoms with Gasteiger partial charge in [0.2, 0.25) is 0 Å². The summed E-state index contributed by atoms with van der Waals surface area (Å²) in [7, 11) is 3.33. The maximum atomic E-state index is 8.85. The van der Waals surface area contributed by atoms with E-state index >= 15 is 0 Å². The normalized spacial score (nSPS) is 9.53. The number of aromatic nitrogens is 2. The molecule has 0 atom stereocenters. The van der Waals surface area contributed by atoms with Crippen molar-refractivity contribution >= 4 is 17.3 Å². The smallest absolute Gasteiger partial charge is 0.151 e. The molecule has 0 saturated carbocycles. The Morgan fingerprint density at radius 3 is 2.74 bits per heavy atom. The molecule has 0 saturated heterocycles. The minimum atomic E-state index is 0.539. The maximum Gasteiger partial charge on any atom is 0.151 e. The van der Waals surface area contributed by atoms with Gasteiger partial charge in [0.1, 0.15) is 11.6 Å². The highest BCUT2D eigenvalue weighted by Crippen LogP contribution is 2.27. The number of anilines is 3.